The lowest BCUT2D eigenvalue weighted by atomic mass is 10.2. The number of rotatable bonds is 5. The Morgan fingerprint density at radius 1 is 1.21 bits per heavy atom. The van der Waals surface area contributed by atoms with Crippen LogP contribution in [0.25, 0.3) is 0 Å². The molecule has 6 heteroatoms. The van der Waals surface area contributed by atoms with Gasteiger partial charge in [0, 0.05) is 12.6 Å². The Kier molecular flexibility index (Phi) is 5.01. The fourth-order valence-corrected chi connectivity index (χ4v) is 3.34. The number of aromatic nitrogens is 1. The molecule has 0 aliphatic heterocycles. The van der Waals surface area contributed by atoms with Crippen molar-refractivity contribution in [2.24, 2.45) is 0 Å². The largest absolute Gasteiger partial charge is 0.494 e. The predicted octanol–water partition coefficient (Wildman–Crippen LogP) is 3.81. The van der Waals surface area contributed by atoms with Gasteiger partial charge in [0.2, 0.25) is 0 Å². The number of hydrogen-bond acceptors (Lipinski definition) is 4. The van der Waals surface area contributed by atoms with Crippen LogP contribution in [0.2, 0.25) is 0 Å². The molecule has 0 radical (unpaired) electrons. The first-order chi connectivity index (χ1) is 9.10. The zero-order valence-electron chi connectivity index (χ0n) is 10.7. The molecule has 0 unspecified atom stereocenters. The molecule has 0 atom stereocenters. The molecule has 102 valence electrons. The standard InChI is InChI=1S/C13H14Br2N2O2/c1-8-3-10(19-17-8)7-16-6-9-4-11(14)13(18-2)12(15)5-9/h3-5,16H,6-7H2,1-2H3. The molecule has 1 aromatic carbocycles. The van der Waals surface area contributed by atoms with Crippen LogP contribution in [-0.4, -0.2) is 12.3 Å². The van der Waals surface area contributed by atoms with Crippen molar-refractivity contribution in [3.63, 3.8) is 0 Å². The molecular formula is C13H14Br2N2O2. The topological polar surface area (TPSA) is 47.3 Å². The zero-order valence-corrected chi connectivity index (χ0v) is 13.8. The highest BCUT2D eigenvalue weighted by atomic mass is 79.9. The van der Waals surface area contributed by atoms with Gasteiger partial charge in [0.15, 0.2) is 5.76 Å². The van der Waals surface area contributed by atoms with E-state index in [1.165, 1.54) is 0 Å². The molecular weight excluding hydrogens is 376 g/mol. The number of hydrogen-bond donors (Lipinski definition) is 1. The predicted molar refractivity (Wildman–Crippen MR) is 80.2 cm³/mol. The molecule has 0 spiro atoms. The second kappa shape index (κ2) is 6.54. The second-order valence-electron chi connectivity index (χ2n) is 4.13. The second-order valence-corrected chi connectivity index (χ2v) is 5.84. The lowest BCUT2D eigenvalue weighted by Crippen LogP contribution is -2.12. The van der Waals surface area contributed by atoms with Crippen molar-refractivity contribution < 1.29 is 9.26 Å². The summed E-state index contributed by atoms with van der Waals surface area (Å²) in [6.45, 7) is 3.30. The van der Waals surface area contributed by atoms with Crippen molar-refractivity contribution in [1.29, 1.82) is 0 Å². The number of aryl methyl sites for hydroxylation is 1. The van der Waals surface area contributed by atoms with Crippen molar-refractivity contribution in [3.05, 3.63) is 44.2 Å². The van der Waals surface area contributed by atoms with Gasteiger partial charge >= 0.3 is 0 Å². The van der Waals surface area contributed by atoms with Gasteiger partial charge < -0.3 is 14.6 Å². The maximum absolute atomic E-state index is 5.27. The van der Waals surface area contributed by atoms with Crippen LogP contribution in [-0.2, 0) is 13.1 Å². The molecule has 0 saturated carbocycles. The summed E-state index contributed by atoms with van der Waals surface area (Å²) in [5.41, 5.74) is 2.04. The van der Waals surface area contributed by atoms with Gasteiger partial charge in [-0.3, -0.25) is 0 Å². The molecule has 4 nitrogen and oxygen atoms in total. The van der Waals surface area contributed by atoms with E-state index in [0.717, 1.165) is 38.3 Å². The highest BCUT2D eigenvalue weighted by Gasteiger charge is 2.08. The van der Waals surface area contributed by atoms with Crippen LogP contribution in [0, 0.1) is 6.92 Å². The van der Waals surface area contributed by atoms with Crippen LogP contribution in [0.4, 0.5) is 0 Å². The summed E-state index contributed by atoms with van der Waals surface area (Å²) < 4.78 is 12.3. The molecule has 0 fully saturated rings. The first-order valence-electron chi connectivity index (χ1n) is 5.75. The van der Waals surface area contributed by atoms with Crippen LogP contribution < -0.4 is 10.1 Å². The minimum atomic E-state index is 0.655. The quantitative estimate of drug-likeness (QED) is 0.844. The lowest BCUT2D eigenvalue weighted by molar-refractivity contribution is 0.369. The van der Waals surface area contributed by atoms with Crippen molar-refractivity contribution >= 4 is 31.9 Å². The van der Waals surface area contributed by atoms with Crippen molar-refractivity contribution in [2.45, 2.75) is 20.0 Å². The van der Waals surface area contributed by atoms with Gasteiger partial charge in [0.25, 0.3) is 0 Å². The van der Waals surface area contributed by atoms with Crippen LogP contribution in [0.5, 0.6) is 5.75 Å². The molecule has 0 aliphatic rings. The average Bonchev–Trinajstić information content (AvgIpc) is 2.75. The molecule has 0 bridgehead atoms. The number of methoxy groups -OCH3 is 1. The third kappa shape index (κ3) is 3.81. The summed E-state index contributed by atoms with van der Waals surface area (Å²) in [6, 6.07) is 5.98. The fraction of sp³-hybridized carbons (Fsp3) is 0.308. The van der Waals surface area contributed by atoms with E-state index >= 15 is 0 Å². The summed E-state index contributed by atoms with van der Waals surface area (Å²) in [7, 11) is 1.65. The van der Waals surface area contributed by atoms with E-state index in [0.29, 0.717) is 6.54 Å². The first kappa shape index (κ1) is 14.6. The van der Waals surface area contributed by atoms with Crippen LogP contribution in [0.15, 0.2) is 31.7 Å². The monoisotopic (exact) mass is 388 g/mol. The van der Waals surface area contributed by atoms with E-state index < -0.39 is 0 Å². The Hall–Kier alpha value is -0.850. The van der Waals surface area contributed by atoms with Gasteiger partial charge in [-0.1, -0.05) is 5.16 Å². The third-order valence-corrected chi connectivity index (χ3v) is 3.75. The molecule has 2 rings (SSSR count). The SMILES string of the molecule is COc1c(Br)cc(CNCc2cc(C)no2)cc1Br. The van der Waals surface area contributed by atoms with Crippen molar-refractivity contribution in [1.82, 2.24) is 10.5 Å². The number of nitrogens with one attached hydrogen (secondary N) is 1. The zero-order chi connectivity index (χ0) is 13.8. The van der Waals surface area contributed by atoms with Crippen LogP contribution in [0.1, 0.15) is 17.0 Å². The summed E-state index contributed by atoms with van der Waals surface area (Å²) >= 11 is 6.97. The van der Waals surface area contributed by atoms with Gasteiger partial charge in [-0.05, 0) is 56.5 Å². The Bertz CT molecular complexity index is 547. The Morgan fingerprint density at radius 3 is 2.42 bits per heavy atom. The summed E-state index contributed by atoms with van der Waals surface area (Å²) in [6.07, 6.45) is 0. The van der Waals surface area contributed by atoms with Crippen LogP contribution in [0.3, 0.4) is 0 Å². The Balaban J connectivity index is 1.96. The molecule has 2 aromatic rings. The molecule has 1 aromatic heterocycles. The summed E-state index contributed by atoms with van der Waals surface area (Å²) in [4.78, 5) is 0. The fourth-order valence-electron chi connectivity index (χ4n) is 1.74. The molecule has 0 amide bonds. The van der Waals surface area contributed by atoms with E-state index in [9.17, 15) is 0 Å². The third-order valence-electron chi connectivity index (χ3n) is 2.57. The van der Waals surface area contributed by atoms with Crippen molar-refractivity contribution in [3.8, 4) is 5.75 Å². The van der Waals surface area contributed by atoms with Gasteiger partial charge in [0.05, 0.1) is 28.3 Å². The van der Waals surface area contributed by atoms with E-state index in [2.05, 4.69) is 42.3 Å². The van der Waals surface area contributed by atoms with Gasteiger partial charge in [-0.15, -0.1) is 0 Å². The Morgan fingerprint density at radius 2 is 1.89 bits per heavy atom. The normalized spacial score (nSPS) is 10.7. The molecule has 0 saturated heterocycles. The van der Waals surface area contributed by atoms with E-state index in [-0.39, 0.29) is 0 Å². The van der Waals surface area contributed by atoms with Crippen molar-refractivity contribution in [2.75, 3.05) is 7.11 Å². The average molecular weight is 390 g/mol. The maximum atomic E-state index is 5.27. The van der Waals surface area contributed by atoms with Crippen LogP contribution >= 0.6 is 31.9 Å². The van der Waals surface area contributed by atoms with E-state index in [1.54, 1.807) is 7.11 Å². The van der Waals surface area contributed by atoms with Gasteiger partial charge in [0.1, 0.15) is 5.75 Å². The number of nitrogens with zero attached hydrogens (tertiary/aromatic N) is 1. The van der Waals surface area contributed by atoms with E-state index in [1.807, 2.05) is 25.1 Å². The highest BCUT2D eigenvalue weighted by Crippen LogP contribution is 2.34. The molecule has 1 heterocycles. The Labute approximate surface area is 128 Å². The van der Waals surface area contributed by atoms with Gasteiger partial charge in [-0.25, -0.2) is 0 Å². The first-order valence-corrected chi connectivity index (χ1v) is 7.33. The number of ether oxygens (including phenoxy) is 1. The molecule has 0 aliphatic carbocycles. The summed E-state index contributed by atoms with van der Waals surface area (Å²) in [5.74, 6) is 1.64. The van der Waals surface area contributed by atoms with Gasteiger partial charge in [-0.2, -0.15) is 0 Å². The lowest BCUT2D eigenvalue weighted by Gasteiger charge is -2.09. The highest BCUT2D eigenvalue weighted by molar-refractivity contribution is 9.11. The number of benzene rings is 1. The summed E-state index contributed by atoms with van der Waals surface area (Å²) in [5, 5.41) is 7.15. The smallest absolute Gasteiger partial charge is 0.150 e. The van der Waals surface area contributed by atoms with E-state index in [4.69, 9.17) is 9.26 Å². The minimum absolute atomic E-state index is 0.655. The number of halogens is 2. The maximum Gasteiger partial charge on any atom is 0.150 e. The molecule has 1 N–H and O–H groups in total. The molecule has 19 heavy (non-hydrogen) atoms. The minimum Gasteiger partial charge on any atom is -0.494 e.